The van der Waals surface area contributed by atoms with Crippen LogP contribution in [0.1, 0.15) is 0 Å². The third-order valence-electron chi connectivity index (χ3n) is 0. The molecule has 0 saturated carbocycles. The molecule has 0 atom stereocenters. The number of hydrogen-bond donors (Lipinski definition) is 1. The Morgan fingerprint density at radius 3 is 1.25 bits per heavy atom. The monoisotopic (exact) mass is 366 g/mol. The summed E-state index contributed by atoms with van der Waals surface area (Å²) in [4.78, 5) is 24.3. The van der Waals surface area contributed by atoms with Crippen molar-refractivity contribution in [1.82, 2.24) is 0 Å². The predicted octanol–water partition coefficient (Wildman–Crippen LogP) is -2.43. The molecular weight excluding hydrogens is 365 g/mol. The summed E-state index contributed by atoms with van der Waals surface area (Å²) in [6, 6.07) is 0. The minimum atomic E-state index is -5.14. The smallest absolute Gasteiger partial charge is 0.0557 e. The van der Waals surface area contributed by atoms with Crippen LogP contribution in [0.25, 0.3) is 0 Å². The molecule has 6 nitrogen and oxygen atoms in total. The molecule has 0 aromatic heterocycles. The van der Waals surface area contributed by atoms with Gasteiger partial charge in [-0.05, 0) is 0 Å². The maximum atomic E-state index is 8.66. The van der Waals surface area contributed by atoms with Crippen LogP contribution < -0.4 is 9.79 Å². The van der Waals surface area contributed by atoms with Crippen molar-refractivity contribution in [2.24, 2.45) is 0 Å². The Morgan fingerprint density at radius 1 is 1.25 bits per heavy atom. The summed E-state index contributed by atoms with van der Waals surface area (Å²) in [5, 5.41) is 0. The molecule has 0 aromatic carbocycles. The molecule has 0 rings (SSSR count). The first-order valence-corrected chi connectivity index (χ1v) is 2.24. The van der Waals surface area contributed by atoms with E-state index in [0.29, 0.717) is 0 Å². The van der Waals surface area contributed by atoms with Crippen LogP contribution in [0.2, 0.25) is 0 Å². The van der Waals surface area contributed by atoms with Gasteiger partial charge in [0.25, 0.3) is 0 Å². The molecule has 0 heterocycles. The molecule has 0 radical (unpaired) electrons. The Labute approximate surface area is 69.1 Å². The summed E-state index contributed by atoms with van der Waals surface area (Å²) in [7, 11) is -5.14. The first kappa shape index (κ1) is 23.0. The van der Waals surface area contributed by atoms with Gasteiger partial charge < -0.3 is 30.2 Å². The number of hydrogen-bond acceptors (Lipinski definition) is 3. The second kappa shape index (κ2) is 8.08. The Hall–Kier alpha value is 1.08. The van der Waals surface area contributed by atoms with E-state index < -0.39 is 7.82 Å². The van der Waals surface area contributed by atoms with Gasteiger partial charge in [0.1, 0.15) is 0 Å². The maximum absolute atomic E-state index is 8.66. The third-order valence-corrected chi connectivity index (χ3v) is 0. The Balaban J connectivity index is -0.0000000267. The topological polar surface area (TPSA) is 140 Å². The molecule has 0 aliphatic carbocycles. The first-order chi connectivity index (χ1) is 2.00. The average molecular weight is 366 g/mol. The van der Waals surface area contributed by atoms with Gasteiger partial charge in [-0.25, -0.2) is 0 Å². The Bertz CT molecular complexity index is 54.7. The van der Waals surface area contributed by atoms with Gasteiger partial charge >= 0.3 is 0 Å². The van der Waals surface area contributed by atoms with Crippen molar-refractivity contribution < 1.29 is 61.3 Å². The van der Waals surface area contributed by atoms with Gasteiger partial charge in [0.2, 0.25) is 0 Å². The fourth-order valence-electron chi connectivity index (χ4n) is 0. The van der Waals surface area contributed by atoms with Crippen LogP contribution in [0.15, 0.2) is 0 Å². The molecule has 0 bridgehead atoms. The van der Waals surface area contributed by atoms with E-state index in [4.69, 9.17) is 19.2 Å². The largest absolute Gasteiger partial charge is 2.00 e. The van der Waals surface area contributed by atoms with Gasteiger partial charge in [-0.1, -0.05) is 0 Å². The van der Waals surface area contributed by atoms with Crippen molar-refractivity contribution in [3.63, 3.8) is 0 Å². The molecule has 0 spiro atoms. The molecule has 0 unspecified atom stereocenters. The summed E-state index contributed by atoms with van der Waals surface area (Å²) in [5.74, 6) is 0. The van der Waals surface area contributed by atoms with Crippen LogP contribution >= 0.6 is 7.82 Å². The van der Waals surface area contributed by atoms with Crippen molar-refractivity contribution >= 4 is 7.82 Å². The van der Waals surface area contributed by atoms with E-state index in [2.05, 4.69) is 0 Å². The quantitative estimate of drug-likeness (QED) is 0.476. The molecule has 8 heavy (non-hydrogen) atoms. The van der Waals surface area contributed by atoms with E-state index in [1.165, 1.54) is 0 Å². The van der Waals surface area contributed by atoms with E-state index in [9.17, 15) is 0 Å². The molecule has 0 aromatic rings. The predicted molar refractivity (Wildman–Crippen MR) is 11.2 cm³/mol. The molecule has 0 amide bonds. The summed E-state index contributed by atoms with van der Waals surface area (Å²) in [6.45, 7) is 0. The first-order valence-electron chi connectivity index (χ1n) is 0.748. The van der Waals surface area contributed by atoms with Gasteiger partial charge in [-0.3, -0.25) is 0 Å². The van der Waals surface area contributed by atoms with Crippen LogP contribution in [0, 0.1) is 31.1 Å². The van der Waals surface area contributed by atoms with Crippen molar-refractivity contribution in [2.75, 3.05) is 0 Å². The zero-order valence-electron chi connectivity index (χ0n) is 3.44. The summed E-state index contributed by atoms with van der Waals surface area (Å²) >= 11 is 0. The fraction of sp³-hybridized carbons (Fsp3) is 0. The van der Waals surface area contributed by atoms with Crippen LogP contribution in [0.4, 0.5) is 0 Å². The summed E-state index contributed by atoms with van der Waals surface area (Å²) < 4.78 is 8.66. The average Bonchev–Trinajstić information content (AvgIpc) is 0.722. The van der Waals surface area contributed by atoms with E-state index in [0.717, 1.165) is 0 Å². The van der Waals surface area contributed by atoms with Crippen LogP contribution in [0.3, 0.4) is 0 Å². The van der Waals surface area contributed by atoms with E-state index in [-0.39, 0.29) is 42.1 Å². The van der Waals surface area contributed by atoms with Crippen LogP contribution in [-0.2, 0) is 15.5 Å². The SMILES string of the molecule is O=P([O-])([O-])O.[O-2].[O-2].[U]. The third kappa shape index (κ3) is 224. The second-order valence-corrected chi connectivity index (χ2v) is 1.41. The van der Waals surface area contributed by atoms with Crippen molar-refractivity contribution in [1.29, 1.82) is 0 Å². The molecule has 1 N–H and O–H groups in total. The molecule has 0 saturated heterocycles. The normalized spacial score (nSPS) is 7.38. The zero-order chi connectivity index (χ0) is 4.50. The van der Waals surface area contributed by atoms with Crippen molar-refractivity contribution in [2.45, 2.75) is 0 Å². The summed E-state index contributed by atoms with van der Waals surface area (Å²) in [6.07, 6.45) is 0. The van der Waals surface area contributed by atoms with Gasteiger partial charge in [-0.15, -0.1) is 0 Å². The van der Waals surface area contributed by atoms with Gasteiger partial charge in [0.15, 0.2) is 0 Å². The molecule has 0 aliphatic heterocycles. The van der Waals surface area contributed by atoms with E-state index >= 15 is 0 Å². The minimum absolute atomic E-state index is 0. The maximum Gasteiger partial charge on any atom is 0.0557 e. The molecule has 0 aliphatic rings. The standard InChI is InChI=1S/H3O4P.2O.U/c1-5(2,3)4;;;/h(H3,1,2,3,4);;;/q;2*-2;/p-2. The zero-order valence-corrected chi connectivity index (χ0v) is 8.49. The van der Waals surface area contributed by atoms with Crippen LogP contribution in [0.5, 0.6) is 0 Å². The minimum Gasteiger partial charge on any atom is -2.00 e. The summed E-state index contributed by atoms with van der Waals surface area (Å²) in [5.41, 5.74) is 0. The number of rotatable bonds is 0. The van der Waals surface area contributed by atoms with E-state index in [1.807, 2.05) is 0 Å². The van der Waals surface area contributed by atoms with Gasteiger partial charge in [-0.2, -0.15) is 0 Å². The molecule has 8 heteroatoms. The Kier molecular flexibility index (Phi) is 23.2. The van der Waals surface area contributed by atoms with Crippen LogP contribution in [-0.4, -0.2) is 4.89 Å². The molecule has 0 fully saturated rings. The van der Waals surface area contributed by atoms with Gasteiger partial charge in [0.05, 0.1) is 7.82 Å². The fourth-order valence-corrected chi connectivity index (χ4v) is 0. The number of phosphoric acid groups is 1. The second-order valence-electron chi connectivity index (χ2n) is 0.469. The molecular formula is HO6PU-6. The van der Waals surface area contributed by atoms with Crippen molar-refractivity contribution in [3.8, 4) is 0 Å². The van der Waals surface area contributed by atoms with Gasteiger partial charge in [0, 0.05) is 31.1 Å². The molecule has 52 valence electrons. The Morgan fingerprint density at radius 2 is 1.25 bits per heavy atom. The van der Waals surface area contributed by atoms with E-state index in [1.54, 1.807) is 0 Å². The van der Waals surface area contributed by atoms with Crippen molar-refractivity contribution in [3.05, 3.63) is 0 Å².